The van der Waals surface area contributed by atoms with Gasteiger partial charge >= 0.3 is 0 Å². The van der Waals surface area contributed by atoms with Crippen LogP contribution in [-0.2, 0) is 0 Å². The molecule has 0 amide bonds. The molecule has 1 aliphatic rings. The van der Waals surface area contributed by atoms with Crippen LogP contribution in [0.2, 0.25) is 0 Å². The smallest absolute Gasteiger partial charge is 0.138 e. The summed E-state index contributed by atoms with van der Waals surface area (Å²) in [5, 5.41) is 1.24. The van der Waals surface area contributed by atoms with E-state index >= 15 is 0 Å². The Balaban J connectivity index is 0.000000815. The number of benzene rings is 1. The molecule has 1 aliphatic heterocycles. The number of piperidine rings is 1. The number of pyridine rings is 1. The van der Waals surface area contributed by atoms with Crippen LogP contribution in [0.4, 0.5) is 0 Å². The Bertz CT molecular complexity index is 768. The Kier molecular flexibility index (Phi) is 5.31. The van der Waals surface area contributed by atoms with E-state index in [2.05, 4.69) is 64.4 Å². The van der Waals surface area contributed by atoms with Gasteiger partial charge in [-0.2, -0.15) is 0 Å². The van der Waals surface area contributed by atoms with Gasteiger partial charge in [-0.15, -0.1) is 0 Å². The first kappa shape index (κ1) is 16.7. The van der Waals surface area contributed by atoms with E-state index in [1.807, 2.05) is 20.0 Å². The number of aromatic nitrogens is 2. The highest BCUT2D eigenvalue weighted by Crippen LogP contribution is 2.33. The zero-order valence-corrected chi connectivity index (χ0v) is 14.9. The summed E-state index contributed by atoms with van der Waals surface area (Å²) in [4.78, 5) is 10.5. The molecular formula is C21H27N3. The van der Waals surface area contributed by atoms with Gasteiger partial charge in [0.1, 0.15) is 5.65 Å². The minimum Gasteiger partial charge on any atom is -0.343 e. The summed E-state index contributed by atoms with van der Waals surface area (Å²) in [6.07, 6.45) is 4.35. The molecule has 4 rings (SSSR count). The SMILES string of the molecule is CC.CN1CCC(c2cc3c(-c4ccccc4)ccnc3[nH]2)CC1. The molecule has 3 nitrogen and oxygen atoms in total. The van der Waals surface area contributed by atoms with Crippen molar-refractivity contribution in [2.45, 2.75) is 32.6 Å². The summed E-state index contributed by atoms with van der Waals surface area (Å²) >= 11 is 0. The van der Waals surface area contributed by atoms with Gasteiger partial charge in [-0.25, -0.2) is 4.98 Å². The number of fused-ring (bicyclic) bond motifs is 1. The van der Waals surface area contributed by atoms with Gasteiger partial charge in [0.05, 0.1) is 0 Å². The van der Waals surface area contributed by atoms with Crippen LogP contribution in [0.5, 0.6) is 0 Å². The van der Waals surface area contributed by atoms with Gasteiger partial charge in [-0.3, -0.25) is 0 Å². The van der Waals surface area contributed by atoms with Crippen molar-refractivity contribution in [1.29, 1.82) is 0 Å². The first-order chi connectivity index (χ1) is 11.8. The lowest BCUT2D eigenvalue weighted by Crippen LogP contribution is -2.29. The van der Waals surface area contributed by atoms with Crippen LogP contribution in [0.3, 0.4) is 0 Å². The number of aromatic amines is 1. The minimum atomic E-state index is 0.633. The molecule has 0 unspecified atom stereocenters. The van der Waals surface area contributed by atoms with Gasteiger partial charge < -0.3 is 9.88 Å². The van der Waals surface area contributed by atoms with Crippen LogP contribution >= 0.6 is 0 Å². The third kappa shape index (κ3) is 3.36. The second-order valence-corrected chi connectivity index (χ2v) is 6.29. The van der Waals surface area contributed by atoms with Crippen molar-refractivity contribution in [3.8, 4) is 11.1 Å². The van der Waals surface area contributed by atoms with Crippen LogP contribution in [0.1, 0.15) is 38.3 Å². The molecule has 3 heterocycles. The summed E-state index contributed by atoms with van der Waals surface area (Å²) in [5.41, 5.74) is 4.87. The van der Waals surface area contributed by atoms with E-state index in [0.717, 1.165) is 5.65 Å². The van der Waals surface area contributed by atoms with Crippen LogP contribution in [0.25, 0.3) is 22.2 Å². The average molecular weight is 321 g/mol. The van der Waals surface area contributed by atoms with Gasteiger partial charge in [-0.05, 0) is 56.2 Å². The third-order valence-electron chi connectivity index (χ3n) is 4.80. The maximum Gasteiger partial charge on any atom is 0.138 e. The fourth-order valence-corrected chi connectivity index (χ4v) is 3.46. The van der Waals surface area contributed by atoms with Gasteiger partial charge in [0.2, 0.25) is 0 Å². The van der Waals surface area contributed by atoms with Crippen molar-refractivity contribution in [1.82, 2.24) is 14.9 Å². The summed E-state index contributed by atoms with van der Waals surface area (Å²) in [6.45, 7) is 6.36. The van der Waals surface area contributed by atoms with E-state index in [9.17, 15) is 0 Å². The largest absolute Gasteiger partial charge is 0.343 e. The van der Waals surface area contributed by atoms with Crippen LogP contribution in [-0.4, -0.2) is 35.0 Å². The molecular weight excluding hydrogens is 294 g/mol. The van der Waals surface area contributed by atoms with Crippen molar-refractivity contribution in [2.75, 3.05) is 20.1 Å². The summed E-state index contributed by atoms with van der Waals surface area (Å²) in [7, 11) is 2.20. The van der Waals surface area contributed by atoms with Gasteiger partial charge in [-0.1, -0.05) is 44.2 Å². The highest BCUT2D eigenvalue weighted by atomic mass is 15.1. The van der Waals surface area contributed by atoms with E-state index in [0.29, 0.717) is 5.92 Å². The topological polar surface area (TPSA) is 31.9 Å². The summed E-state index contributed by atoms with van der Waals surface area (Å²) in [6, 6.07) is 15.0. The Morgan fingerprint density at radius 1 is 1.04 bits per heavy atom. The molecule has 0 atom stereocenters. The molecule has 1 aromatic carbocycles. The van der Waals surface area contributed by atoms with Gasteiger partial charge in [0.15, 0.2) is 0 Å². The predicted molar refractivity (Wildman–Crippen MR) is 102 cm³/mol. The summed E-state index contributed by atoms with van der Waals surface area (Å²) in [5.74, 6) is 0.633. The molecule has 3 aromatic rings. The zero-order valence-electron chi connectivity index (χ0n) is 14.9. The standard InChI is InChI=1S/C19H21N3.C2H6/c1-22-11-8-15(9-12-22)18-13-17-16(7-10-20-19(17)21-18)14-5-3-2-4-6-14;1-2/h2-7,10,13,15H,8-9,11-12H2,1H3,(H,20,21);1-2H3. The highest BCUT2D eigenvalue weighted by Gasteiger charge is 2.20. The number of likely N-dealkylation sites (tertiary alicyclic amines) is 1. The lowest BCUT2D eigenvalue weighted by molar-refractivity contribution is 0.254. The monoisotopic (exact) mass is 321 g/mol. The zero-order chi connectivity index (χ0) is 16.9. The van der Waals surface area contributed by atoms with E-state index in [1.165, 1.54) is 48.1 Å². The van der Waals surface area contributed by atoms with Gasteiger partial charge in [0.25, 0.3) is 0 Å². The van der Waals surface area contributed by atoms with E-state index in [1.54, 1.807) is 0 Å². The molecule has 24 heavy (non-hydrogen) atoms. The van der Waals surface area contributed by atoms with E-state index in [4.69, 9.17) is 0 Å². The second kappa shape index (κ2) is 7.63. The van der Waals surface area contributed by atoms with E-state index < -0.39 is 0 Å². The molecule has 1 N–H and O–H groups in total. The highest BCUT2D eigenvalue weighted by molar-refractivity contribution is 5.93. The summed E-state index contributed by atoms with van der Waals surface area (Å²) < 4.78 is 0. The Hall–Kier alpha value is -2.13. The van der Waals surface area contributed by atoms with E-state index in [-0.39, 0.29) is 0 Å². The third-order valence-corrected chi connectivity index (χ3v) is 4.80. The first-order valence-electron chi connectivity index (χ1n) is 9.03. The van der Waals surface area contributed by atoms with Crippen LogP contribution < -0.4 is 0 Å². The number of rotatable bonds is 2. The fourth-order valence-electron chi connectivity index (χ4n) is 3.46. The van der Waals surface area contributed by atoms with Crippen LogP contribution in [0.15, 0.2) is 48.7 Å². The predicted octanol–water partition coefficient (Wildman–Crippen LogP) is 5.07. The fraction of sp³-hybridized carbons (Fsp3) is 0.381. The first-order valence-corrected chi connectivity index (χ1v) is 9.03. The molecule has 1 saturated heterocycles. The molecule has 0 aliphatic carbocycles. The molecule has 1 fully saturated rings. The lowest BCUT2D eigenvalue weighted by atomic mass is 9.93. The Morgan fingerprint density at radius 2 is 1.75 bits per heavy atom. The average Bonchev–Trinajstić information content (AvgIpc) is 3.09. The molecule has 3 heteroatoms. The second-order valence-electron chi connectivity index (χ2n) is 6.29. The number of nitrogens with zero attached hydrogens (tertiary/aromatic N) is 2. The maximum atomic E-state index is 4.53. The van der Waals surface area contributed by atoms with Gasteiger partial charge in [0, 0.05) is 23.2 Å². The van der Waals surface area contributed by atoms with Crippen molar-refractivity contribution in [3.63, 3.8) is 0 Å². The number of H-pyrrole nitrogens is 1. The van der Waals surface area contributed by atoms with Crippen molar-refractivity contribution in [2.24, 2.45) is 0 Å². The Labute approximate surface area is 144 Å². The van der Waals surface area contributed by atoms with Crippen molar-refractivity contribution < 1.29 is 0 Å². The van der Waals surface area contributed by atoms with Crippen LogP contribution in [0, 0.1) is 0 Å². The minimum absolute atomic E-state index is 0.633. The molecule has 0 bridgehead atoms. The molecule has 0 spiro atoms. The van der Waals surface area contributed by atoms with Crippen molar-refractivity contribution in [3.05, 3.63) is 54.4 Å². The normalized spacial score (nSPS) is 16.0. The molecule has 0 radical (unpaired) electrons. The number of hydrogen-bond acceptors (Lipinski definition) is 2. The molecule has 2 aromatic heterocycles. The molecule has 0 saturated carbocycles. The van der Waals surface area contributed by atoms with Crippen molar-refractivity contribution >= 4 is 11.0 Å². The maximum absolute atomic E-state index is 4.53. The number of nitrogens with one attached hydrogen (secondary N) is 1. The Morgan fingerprint density at radius 3 is 2.46 bits per heavy atom. The number of hydrogen-bond donors (Lipinski definition) is 1. The molecule has 126 valence electrons. The quantitative estimate of drug-likeness (QED) is 0.715. The lowest BCUT2D eigenvalue weighted by Gasteiger charge is -2.28.